The molecule has 0 radical (unpaired) electrons. The average molecular weight is 383 g/mol. The van der Waals surface area contributed by atoms with Crippen LogP contribution in [-0.2, 0) is 11.4 Å². The zero-order chi connectivity index (χ0) is 19.7. The molecule has 1 saturated heterocycles. The van der Waals surface area contributed by atoms with Gasteiger partial charge in [0.05, 0.1) is 11.3 Å². The first-order valence-electron chi connectivity index (χ1n) is 9.75. The largest absolute Gasteiger partial charge is 0.489 e. The van der Waals surface area contributed by atoms with Gasteiger partial charge >= 0.3 is 0 Å². The summed E-state index contributed by atoms with van der Waals surface area (Å²) in [5.74, 6) is 1.93. The van der Waals surface area contributed by atoms with Crippen LogP contribution in [0.5, 0.6) is 5.75 Å². The Morgan fingerprint density at radius 1 is 1.07 bits per heavy atom. The number of nitrogens with zero attached hydrogens (tertiary/aromatic N) is 3. The molecule has 1 aliphatic carbocycles. The minimum absolute atomic E-state index is 0.00389. The molecule has 28 heavy (non-hydrogen) atoms. The molecule has 0 bridgehead atoms. The van der Waals surface area contributed by atoms with Gasteiger partial charge in [0.15, 0.2) is 0 Å². The number of aryl methyl sites for hydroxylation is 2. The molecule has 0 spiro atoms. The van der Waals surface area contributed by atoms with Gasteiger partial charge in [0.1, 0.15) is 18.1 Å². The minimum Gasteiger partial charge on any atom is -0.489 e. The Morgan fingerprint density at radius 3 is 2.29 bits per heavy atom. The van der Waals surface area contributed by atoms with E-state index in [0.717, 1.165) is 29.9 Å². The van der Waals surface area contributed by atoms with E-state index >= 15 is 0 Å². The first-order valence-corrected chi connectivity index (χ1v) is 9.75. The van der Waals surface area contributed by atoms with E-state index in [9.17, 15) is 9.59 Å². The molecule has 2 amide bonds. The number of ether oxygens (including phenoxy) is 1. The summed E-state index contributed by atoms with van der Waals surface area (Å²) in [6, 6.07) is 7.18. The summed E-state index contributed by atoms with van der Waals surface area (Å²) in [5, 5.41) is 3.92. The maximum atomic E-state index is 12.7. The van der Waals surface area contributed by atoms with Crippen LogP contribution in [0.25, 0.3) is 0 Å². The van der Waals surface area contributed by atoms with Crippen LogP contribution in [0.1, 0.15) is 40.2 Å². The Morgan fingerprint density at radius 2 is 1.71 bits per heavy atom. The van der Waals surface area contributed by atoms with E-state index in [1.165, 1.54) is 0 Å². The molecule has 7 heteroatoms. The summed E-state index contributed by atoms with van der Waals surface area (Å²) in [6.45, 7) is 6.54. The van der Waals surface area contributed by atoms with Crippen molar-refractivity contribution in [2.45, 2.75) is 33.3 Å². The predicted octanol–water partition coefficient (Wildman–Crippen LogP) is 2.56. The highest BCUT2D eigenvalue weighted by Crippen LogP contribution is 2.31. The number of rotatable bonds is 5. The van der Waals surface area contributed by atoms with E-state index in [4.69, 9.17) is 9.26 Å². The van der Waals surface area contributed by atoms with Crippen molar-refractivity contribution in [2.75, 3.05) is 26.2 Å². The Kier molecular flexibility index (Phi) is 5.07. The van der Waals surface area contributed by atoms with Gasteiger partial charge in [-0.1, -0.05) is 5.16 Å². The lowest BCUT2D eigenvalue weighted by Crippen LogP contribution is -2.51. The van der Waals surface area contributed by atoms with Crippen LogP contribution in [0.2, 0.25) is 0 Å². The van der Waals surface area contributed by atoms with Crippen LogP contribution in [-0.4, -0.2) is 52.9 Å². The Hall–Kier alpha value is -2.83. The number of hydrogen-bond acceptors (Lipinski definition) is 5. The second-order valence-corrected chi connectivity index (χ2v) is 7.51. The van der Waals surface area contributed by atoms with E-state index in [0.29, 0.717) is 44.1 Å². The van der Waals surface area contributed by atoms with E-state index in [1.807, 2.05) is 23.6 Å². The fourth-order valence-electron chi connectivity index (χ4n) is 3.46. The van der Waals surface area contributed by atoms with Crippen molar-refractivity contribution < 1.29 is 18.8 Å². The molecule has 2 aromatic rings. The number of benzene rings is 1. The quantitative estimate of drug-likeness (QED) is 0.793. The zero-order valence-electron chi connectivity index (χ0n) is 16.3. The molecular weight excluding hydrogens is 358 g/mol. The van der Waals surface area contributed by atoms with Gasteiger partial charge in [0.25, 0.3) is 5.91 Å². The monoisotopic (exact) mass is 383 g/mol. The number of carbonyl (C=O) groups excluding carboxylic acids is 2. The van der Waals surface area contributed by atoms with Crippen molar-refractivity contribution in [2.24, 2.45) is 5.92 Å². The molecule has 1 aromatic heterocycles. The molecule has 0 atom stereocenters. The molecular formula is C21H25N3O4. The first kappa shape index (κ1) is 18.5. The van der Waals surface area contributed by atoms with E-state index < -0.39 is 0 Å². The topological polar surface area (TPSA) is 75.9 Å². The van der Waals surface area contributed by atoms with E-state index in [1.54, 1.807) is 24.3 Å². The number of aromatic nitrogens is 1. The molecule has 0 N–H and O–H groups in total. The molecule has 0 unspecified atom stereocenters. The van der Waals surface area contributed by atoms with Crippen molar-refractivity contribution in [3.63, 3.8) is 0 Å². The fraction of sp³-hybridized carbons (Fsp3) is 0.476. The standard InChI is InChI=1S/C21H25N3O4/c1-14-19(15(2)28-22-14)13-27-18-7-5-17(6-8-18)21(26)24-11-9-23(10-12-24)20(25)16-3-4-16/h5-8,16H,3-4,9-13H2,1-2H3. The summed E-state index contributed by atoms with van der Waals surface area (Å²) in [4.78, 5) is 28.6. The van der Waals surface area contributed by atoms with Crippen molar-refractivity contribution in [1.82, 2.24) is 15.0 Å². The maximum Gasteiger partial charge on any atom is 0.253 e. The lowest BCUT2D eigenvalue weighted by Gasteiger charge is -2.35. The van der Waals surface area contributed by atoms with Crippen LogP contribution in [0, 0.1) is 19.8 Å². The van der Waals surface area contributed by atoms with Crippen molar-refractivity contribution in [3.05, 3.63) is 46.8 Å². The van der Waals surface area contributed by atoms with Gasteiger partial charge < -0.3 is 19.1 Å². The summed E-state index contributed by atoms with van der Waals surface area (Å²) >= 11 is 0. The van der Waals surface area contributed by atoms with Gasteiger partial charge in [-0.3, -0.25) is 9.59 Å². The third-order valence-electron chi connectivity index (χ3n) is 5.47. The molecule has 7 nitrogen and oxygen atoms in total. The van der Waals surface area contributed by atoms with Gasteiger partial charge in [-0.05, 0) is 51.0 Å². The Labute approximate surface area is 164 Å². The highest BCUT2D eigenvalue weighted by atomic mass is 16.5. The molecule has 1 aliphatic heterocycles. The highest BCUT2D eigenvalue weighted by Gasteiger charge is 2.35. The van der Waals surface area contributed by atoms with Crippen molar-refractivity contribution in [3.8, 4) is 5.75 Å². The van der Waals surface area contributed by atoms with Crippen LogP contribution < -0.4 is 4.74 Å². The lowest BCUT2D eigenvalue weighted by molar-refractivity contribution is -0.134. The molecule has 2 fully saturated rings. The van der Waals surface area contributed by atoms with Crippen molar-refractivity contribution >= 4 is 11.8 Å². The number of amides is 2. The summed E-state index contributed by atoms with van der Waals surface area (Å²) in [5.41, 5.74) is 2.40. The van der Waals surface area contributed by atoms with Crippen LogP contribution >= 0.6 is 0 Å². The van der Waals surface area contributed by atoms with Crippen molar-refractivity contribution in [1.29, 1.82) is 0 Å². The van der Waals surface area contributed by atoms with Gasteiger partial charge in [0, 0.05) is 37.7 Å². The second kappa shape index (κ2) is 7.66. The molecule has 2 aliphatic rings. The molecule has 4 rings (SSSR count). The summed E-state index contributed by atoms with van der Waals surface area (Å²) in [6.07, 6.45) is 2.03. The van der Waals surface area contributed by atoms with Gasteiger partial charge in [0.2, 0.25) is 5.91 Å². The molecule has 1 aromatic carbocycles. The average Bonchev–Trinajstić information content (AvgIpc) is 3.52. The molecule has 148 valence electrons. The zero-order valence-corrected chi connectivity index (χ0v) is 16.3. The number of hydrogen-bond donors (Lipinski definition) is 0. The SMILES string of the molecule is Cc1noc(C)c1COc1ccc(C(=O)N2CCN(C(=O)C3CC3)CC2)cc1. The maximum absolute atomic E-state index is 12.7. The lowest BCUT2D eigenvalue weighted by atomic mass is 10.1. The summed E-state index contributed by atoms with van der Waals surface area (Å²) < 4.78 is 10.9. The second-order valence-electron chi connectivity index (χ2n) is 7.51. The molecule has 1 saturated carbocycles. The van der Waals surface area contributed by atoms with Crippen LogP contribution in [0.3, 0.4) is 0 Å². The van der Waals surface area contributed by atoms with E-state index in [2.05, 4.69) is 5.16 Å². The number of piperazine rings is 1. The molecule has 2 heterocycles. The highest BCUT2D eigenvalue weighted by molar-refractivity contribution is 5.94. The van der Waals surface area contributed by atoms with Gasteiger partial charge in [-0.25, -0.2) is 0 Å². The van der Waals surface area contributed by atoms with E-state index in [-0.39, 0.29) is 17.7 Å². The smallest absolute Gasteiger partial charge is 0.253 e. The van der Waals surface area contributed by atoms with Gasteiger partial charge in [-0.2, -0.15) is 0 Å². The predicted molar refractivity (Wildman–Crippen MR) is 102 cm³/mol. The Bertz CT molecular complexity index is 843. The van der Waals surface area contributed by atoms with Gasteiger partial charge in [-0.15, -0.1) is 0 Å². The van der Waals surface area contributed by atoms with Crippen LogP contribution in [0.4, 0.5) is 0 Å². The Balaban J connectivity index is 1.31. The minimum atomic E-state index is -0.00389. The fourth-order valence-corrected chi connectivity index (χ4v) is 3.46. The first-order chi connectivity index (χ1) is 13.5. The van der Waals surface area contributed by atoms with Crippen LogP contribution in [0.15, 0.2) is 28.8 Å². The normalized spacial score (nSPS) is 16.9. The third kappa shape index (κ3) is 3.88. The third-order valence-corrected chi connectivity index (χ3v) is 5.47. The summed E-state index contributed by atoms with van der Waals surface area (Å²) in [7, 11) is 0. The number of carbonyl (C=O) groups is 2.